The molecule has 1 saturated carbocycles. The highest BCUT2D eigenvalue weighted by atomic mass is 19.1. The summed E-state index contributed by atoms with van der Waals surface area (Å²) in [6.45, 7) is 1.61. The third-order valence-corrected chi connectivity index (χ3v) is 4.31. The number of fused-ring (bicyclic) bond motifs is 1. The second-order valence-corrected chi connectivity index (χ2v) is 6.02. The lowest BCUT2D eigenvalue weighted by atomic mass is 10.1. The molecule has 0 bridgehead atoms. The van der Waals surface area contributed by atoms with Crippen molar-refractivity contribution in [3.05, 3.63) is 52.9 Å². The molecule has 0 spiro atoms. The van der Waals surface area contributed by atoms with E-state index < -0.39 is 11.6 Å². The van der Waals surface area contributed by atoms with Gasteiger partial charge in [-0.05, 0) is 12.8 Å². The standard InChI is InChI=1S/C16H16F2N4/c17-13-6-19-7-14(18)12(13)9-22-4-3-15-11(8-22)5-20-16(21-15)10-1-2-10/h5-7,10H,1-4,8-9H2. The van der Waals surface area contributed by atoms with Crippen LogP contribution in [0.1, 0.15) is 41.4 Å². The van der Waals surface area contributed by atoms with Crippen LogP contribution in [-0.2, 0) is 19.5 Å². The molecular formula is C16H16F2N4. The summed E-state index contributed by atoms with van der Waals surface area (Å²) >= 11 is 0. The summed E-state index contributed by atoms with van der Waals surface area (Å²) in [7, 11) is 0. The second-order valence-electron chi connectivity index (χ2n) is 6.02. The SMILES string of the molecule is Fc1cncc(F)c1CN1CCc2nc(C3CC3)ncc2C1. The molecule has 0 N–H and O–H groups in total. The first-order valence-corrected chi connectivity index (χ1v) is 7.55. The van der Waals surface area contributed by atoms with Gasteiger partial charge in [0.1, 0.15) is 17.5 Å². The summed E-state index contributed by atoms with van der Waals surface area (Å²) in [6.07, 6.45) is 7.16. The van der Waals surface area contributed by atoms with Gasteiger partial charge in [-0.3, -0.25) is 9.88 Å². The Morgan fingerprint density at radius 2 is 1.91 bits per heavy atom. The van der Waals surface area contributed by atoms with Gasteiger partial charge in [0, 0.05) is 55.0 Å². The van der Waals surface area contributed by atoms with Crippen LogP contribution in [0.4, 0.5) is 8.78 Å². The molecule has 0 saturated heterocycles. The topological polar surface area (TPSA) is 41.9 Å². The predicted molar refractivity (Wildman–Crippen MR) is 76.0 cm³/mol. The van der Waals surface area contributed by atoms with Crippen LogP contribution in [0.2, 0.25) is 0 Å². The molecule has 114 valence electrons. The van der Waals surface area contributed by atoms with Crippen LogP contribution in [0.3, 0.4) is 0 Å². The Balaban J connectivity index is 1.52. The largest absolute Gasteiger partial charge is 0.294 e. The van der Waals surface area contributed by atoms with Crippen molar-refractivity contribution in [2.75, 3.05) is 6.54 Å². The Hall–Kier alpha value is -1.95. The molecule has 2 aromatic rings. The summed E-state index contributed by atoms with van der Waals surface area (Å²) in [5, 5.41) is 0. The van der Waals surface area contributed by atoms with Gasteiger partial charge in [0.25, 0.3) is 0 Å². The Labute approximate surface area is 127 Å². The maximum atomic E-state index is 13.7. The van der Waals surface area contributed by atoms with Crippen molar-refractivity contribution < 1.29 is 8.78 Å². The maximum absolute atomic E-state index is 13.7. The van der Waals surface area contributed by atoms with E-state index in [0.717, 1.165) is 42.4 Å². The average Bonchev–Trinajstić information content (AvgIpc) is 3.35. The Kier molecular flexibility index (Phi) is 3.33. The molecule has 3 heterocycles. The van der Waals surface area contributed by atoms with Crippen molar-refractivity contribution in [3.8, 4) is 0 Å². The third-order valence-electron chi connectivity index (χ3n) is 4.31. The van der Waals surface area contributed by atoms with Crippen LogP contribution >= 0.6 is 0 Å². The number of aromatic nitrogens is 3. The van der Waals surface area contributed by atoms with Crippen molar-refractivity contribution in [1.29, 1.82) is 0 Å². The fraction of sp³-hybridized carbons (Fsp3) is 0.438. The highest BCUT2D eigenvalue weighted by Gasteiger charge is 2.28. The third kappa shape index (κ3) is 2.59. The fourth-order valence-electron chi connectivity index (χ4n) is 2.88. The van der Waals surface area contributed by atoms with Gasteiger partial charge in [-0.2, -0.15) is 0 Å². The molecule has 0 amide bonds. The average molecular weight is 302 g/mol. The molecule has 2 aromatic heterocycles. The van der Waals surface area contributed by atoms with Gasteiger partial charge in [-0.25, -0.2) is 18.7 Å². The van der Waals surface area contributed by atoms with Gasteiger partial charge >= 0.3 is 0 Å². The molecule has 0 atom stereocenters. The first-order chi connectivity index (χ1) is 10.7. The molecule has 4 rings (SSSR count). The highest BCUT2D eigenvalue weighted by Crippen LogP contribution is 2.38. The number of halogens is 2. The van der Waals surface area contributed by atoms with Crippen molar-refractivity contribution in [2.45, 2.75) is 38.3 Å². The normalized spacial score (nSPS) is 18.3. The van der Waals surface area contributed by atoms with Gasteiger partial charge in [-0.1, -0.05) is 0 Å². The molecule has 0 aromatic carbocycles. The number of pyridine rings is 1. The lowest BCUT2D eigenvalue weighted by Gasteiger charge is -2.28. The molecule has 0 unspecified atom stereocenters. The number of rotatable bonds is 3. The summed E-state index contributed by atoms with van der Waals surface area (Å²) in [5.74, 6) is 0.319. The zero-order valence-corrected chi connectivity index (χ0v) is 12.1. The summed E-state index contributed by atoms with van der Waals surface area (Å²) < 4.78 is 27.4. The van der Waals surface area contributed by atoms with Gasteiger partial charge in [0.05, 0.1) is 12.4 Å². The van der Waals surface area contributed by atoms with E-state index >= 15 is 0 Å². The zero-order valence-electron chi connectivity index (χ0n) is 12.1. The molecular weight excluding hydrogens is 286 g/mol. The summed E-state index contributed by atoms with van der Waals surface area (Å²) in [5.41, 5.74) is 2.23. The Bertz CT molecular complexity index is 695. The van der Waals surface area contributed by atoms with Gasteiger partial charge in [-0.15, -0.1) is 0 Å². The minimum Gasteiger partial charge on any atom is -0.294 e. The molecule has 1 aliphatic heterocycles. The van der Waals surface area contributed by atoms with E-state index in [4.69, 9.17) is 0 Å². The molecule has 6 heteroatoms. The van der Waals surface area contributed by atoms with Crippen molar-refractivity contribution in [3.63, 3.8) is 0 Å². The summed E-state index contributed by atoms with van der Waals surface area (Å²) in [6, 6.07) is 0. The number of hydrogen-bond acceptors (Lipinski definition) is 4. The van der Waals surface area contributed by atoms with Crippen LogP contribution < -0.4 is 0 Å². The van der Waals surface area contributed by atoms with Crippen LogP contribution in [0.15, 0.2) is 18.6 Å². The van der Waals surface area contributed by atoms with Crippen LogP contribution in [0.25, 0.3) is 0 Å². The molecule has 0 radical (unpaired) electrons. The molecule has 1 fully saturated rings. The Morgan fingerprint density at radius 3 is 2.64 bits per heavy atom. The van der Waals surface area contributed by atoms with Gasteiger partial charge in [0.2, 0.25) is 0 Å². The number of hydrogen-bond donors (Lipinski definition) is 0. The minimum absolute atomic E-state index is 0.0777. The smallest absolute Gasteiger partial charge is 0.148 e. The first-order valence-electron chi connectivity index (χ1n) is 7.55. The van der Waals surface area contributed by atoms with E-state index in [1.54, 1.807) is 0 Å². The van der Waals surface area contributed by atoms with Crippen molar-refractivity contribution in [1.82, 2.24) is 19.9 Å². The number of nitrogens with zero attached hydrogens (tertiary/aromatic N) is 4. The van der Waals surface area contributed by atoms with Crippen LogP contribution in [0.5, 0.6) is 0 Å². The highest BCUT2D eigenvalue weighted by molar-refractivity contribution is 5.23. The van der Waals surface area contributed by atoms with Crippen LogP contribution in [-0.4, -0.2) is 26.4 Å². The molecule has 4 nitrogen and oxygen atoms in total. The van der Waals surface area contributed by atoms with Gasteiger partial charge < -0.3 is 0 Å². The van der Waals surface area contributed by atoms with E-state index in [0.29, 0.717) is 12.5 Å². The van der Waals surface area contributed by atoms with E-state index in [9.17, 15) is 8.78 Å². The van der Waals surface area contributed by atoms with Crippen LogP contribution in [0, 0.1) is 11.6 Å². The minimum atomic E-state index is -0.592. The van der Waals surface area contributed by atoms with E-state index in [-0.39, 0.29) is 12.1 Å². The molecule has 1 aliphatic carbocycles. The lowest BCUT2D eigenvalue weighted by molar-refractivity contribution is 0.235. The van der Waals surface area contributed by atoms with E-state index in [1.807, 2.05) is 11.1 Å². The monoisotopic (exact) mass is 302 g/mol. The van der Waals surface area contributed by atoms with Crippen molar-refractivity contribution in [2.24, 2.45) is 0 Å². The second kappa shape index (κ2) is 5.35. The predicted octanol–water partition coefficient (Wildman–Crippen LogP) is 2.59. The Morgan fingerprint density at radius 1 is 1.14 bits per heavy atom. The van der Waals surface area contributed by atoms with E-state index in [1.165, 1.54) is 12.8 Å². The first kappa shape index (κ1) is 13.7. The zero-order chi connectivity index (χ0) is 15.1. The van der Waals surface area contributed by atoms with E-state index in [2.05, 4.69) is 15.0 Å². The van der Waals surface area contributed by atoms with Gasteiger partial charge in [0.15, 0.2) is 0 Å². The quantitative estimate of drug-likeness (QED) is 0.874. The fourth-order valence-corrected chi connectivity index (χ4v) is 2.88. The summed E-state index contributed by atoms with van der Waals surface area (Å²) in [4.78, 5) is 14.6. The van der Waals surface area contributed by atoms with Crippen molar-refractivity contribution >= 4 is 0 Å². The maximum Gasteiger partial charge on any atom is 0.148 e. The molecule has 2 aliphatic rings. The lowest BCUT2D eigenvalue weighted by Crippen LogP contribution is -2.31. The molecule has 22 heavy (non-hydrogen) atoms.